The number of ether oxygens (including phenoxy) is 1. The third-order valence-corrected chi connectivity index (χ3v) is 2.51. The molecule has 0 amide bonds. The van der Waals surface area contributed by atoms with E-state index >= 15 is 0 Å². The number of rotatable bonds is 2. The van der Waals surface area contributed by atoms with Gasteiger partial charge in [-0.25, -0.2) is 9.36 Å². The molecule has 5 heteroatoms. The van der Waals surface area contributed by atoms with Crippen molar-refractivity contribution in [2.45, 2.75) is 0 Å². The molecule has 0 aliphatic rings. The quantitative estimate of drug-likeness (QED) is 0.759. The summed E-state index contributed by atoms with van der Waals surface area (Å²) in [7, 11) is 3.12. The highest BCUT2D eigenvalue weighted by Gasteiger charge is 2.04. The smallest absolute Gasteiger partial charge is 0.270 e. The zero-order valence-electron chi connectivity index (χ0n) is 9.58. The highest BCUT2D eigenvalue weighted by molar-refractivity contribution is 5.36. The normalized spacial score (nSPS) is 10.2. The van der Waals surface area contributed by atoms with E-state index in [4.69, 9.17) is 4.74 Å². The summed E-state index contributed by atoms with van der Waals surface area (Å²) >= 11 is 0. The van der Waals surface area contributed by atoms with Crippen molar-refractivity contribution in [3.8, 4) is 11.4 Å². The van der Waals surface area contributed by atoms with Gasteiger partial charge in [0.1, 0.15) is 5.75 Å². The predicted molar refractivity (Wildman–Crippen MR) is 63.8 cm³/mol. The van der Waals surface area contributed by atoms with Crippen LogP contribution in [-0.4, -0.2) is 16.5 Å². The second-order valence-electron chi connectivity index (χ2n) is 3.54. The molecule has 0 saturated carbocycles. The molecule has 0 fully saturated rings. The van der Waals surface area contributed by atoms with Gasteiger partial charge in [0.25, 0.3) is 11.1 Å². The molecule has 2 rings (SSSR count). The molecule has 0 radical (unpaired) electrons. The van der Waals surface area contributed by atoms with Crippen LogP contribution in [0.4, 0.5) is 0 Å². The van der Waals surface area contributed by atoms with Gasteiger partial charge in [-0.15, -0.1) is 0 Å². The van der Waals surface area contributed by atoms with E-state index in [-0.39, 0.29) is 11.1 Å². The van der Waals surface area contributed by atoms with Gasteiger partial charge >= 0.3 is 0 Å². The van der Waals surface area contributed by atoms with Crippen LogP contribution in [0.15, 0.2) is 46.0 Å². The minimum absolute atomic E-state index is 0.236. The number of methoxy groups -OCH3 is 1. The second kappa shape index (κ2) is 4.29. The maximum absolute atomic E-state index is 11.7. The lowest BCUT2D eigenvalue weighted by atomic mass is 10.3. The van der Waals surface area contributed by atoms with Crippen LogP contribution in [0.1, 0.15) is 0 Å². The molecule has 1 heterocycles. The summed E-state index contributed by atoms with van der Waals surface area (Å²) in [6.45, 7) is 0. The lowest BCUT2D eigenvalue weighted by Gasteiger charge is -2.11. The molecular weight excluding hydrogens is 220 g/mol. The molecule has 5 nitrogen and oxygen atoms in total. The monoisotopic (exact) mass is 232 g/mol. The van der Waals surface area contributed by atoms with Gasteiger partial charge in [-0.3, -0.25) is 9.59 Å². The van der Waals surface area contributed by atoms with Crippen molar-refractivity contribution in [1.29, 1.82) is 0 Å². The number of aromatic nitrogens is 2. The average molecular weight is 232 g/mol. The molecule has 0 saturated heterocycles. The van der Waals surface area contributed by atoms with Crippen molar-refractivity contribution in [3.05, 3.63) is 57.1 Å². The van der Waals surface area contributed by atoms with E-state index < -0.39 is 0 Å². The van der Waals surface area contributed by atoms with E-state index in [0.29, 0.717) is 11.4 Å². The SMILES string of the molecule is COc1ccc(-n2c(=O)ccc(=O)n2C)cc1. The summed E-state index contributed by atoms with van der Waals surface area (Å²) in [6.07, 6.45) is 0. The van der Waals surface area contributed by atoms with Crippen molar-refractivity contribution in [1.82, 2.24) is 9.36 Å². The van der Waals surface area contributed by atoms with E-state index in [1.165, 1.54) is 21.5 Å². The Morgan fingerprint density at radius 3 is 2.12 bits per heavy atom. The van der Waals surface area contributed by atoms with Gasteiger partial charge in [-0.1, -0.05) is 0 Å². The molecule has 0 bridgehead atoms. The number of hydrogen-bond acceptors (Lipinski definition) is 3. The third kappa shape index (κ3) is 1.99. The fraction of sp³-hybridized carbons (Fsp3) is 0.167. The predicted octanol–water partition coefficient (Wildman–Crippen LogP) is 0.545. The van der Waals surface area contributed by atoms with E-state index in [1.54, 1.807) is 38.4 Å². The minimum atomic E-state index is -0.253. The van der Waals surface area contributed by atoms with Gasteiger partial charge in [0.2, 0.25) is 0 Å². The standard InChI is InChI=1S/C12H12N2O3/c1-13-11(15)7-8-12(16)14(13)9-3-5-10(17-2)6-4-9/h3-8H,1-2H3. The lowest BCUT2D eigenvalue weighted by molar-refractivity contribution is 0.414. The Hall–Kier alpha value is -2.30. The van der Waals surface area contributed by atoms with Crippen LogP contribution >= 0.6 is 0 Å². The van der Waals surface area contributed by atoms with Crippen molar-refractivity contribution >= 4 is 0 Å². The molecule has 0 aliphatic carbocycles. The van der Waals surface area contributed by atoms with Crippen molar-refractivity contribution in [2.75, 3.05) is 7.11 Å². The molecule has 0 atom stereocenters. The Morgan fingerprint density at radius 1 is 0.941 bits per heavy atom. The van der Waals surface area contributed by atoms with Crippen LogP contribution in [0, 0.1) is 0 Å². The van der Waals surface area contributed by atoms with Gasteiger partial charge < -0.3 is 4.74 Å². The fourth-order valence-corrected chi connectivity index (χ4v) is 1.59. The number of nitrogens with zero attached hydrogens (tertiary/aromatic N) is 2. The Bertz CT molecular complexity index is 638. The zero-order chi connectivity index (χ0) is 12.4. The Labute approximate surface area is 97.5 Å². The van der Waals surface area contributed by atoms with Crippen molar-refractivity contribution in [2.24, 2.45) is 7.05 Å². The first-order chi connectivity index (χ1) is 8.13. The lowest BCUT2D eigenvalue weighted by Crippen LogP contribution is -2.34. The largest absolute Gasteiger partial charge is 0.497 e. The molecule has 17 heavy (non-hydrogen) atoms. The highest BCUT2D eigenvalue weighted by Crippen LogP contribution is 2.12. The molecule has 0 unspecified atom stereocenters. The maximum Gasteiger partial charge on any atom is 0.270 e. The average Bonchev–Trinajstić information content (AvgIpc) is 2.35. The van der Waals surface area contributed by atoms with Gasteiger partial charge in [-0.2, -0.15) is 0 Å². The first kappa shape index (κ1) is 11.2. The summed E-state index contributed by atoms with van der Waals surface area (Å²) < 4.78 is 7.61. The van der Waals surface area contributed by atoms with Crippen molar-refractivity contribution in [3.63, 3.8) is 0 Å². The second-order valence-corrected chi connectivity index (χ2v) is 3.54. The van der Waals surface area contributed by atoms with E-state index in [1.807, 2.05) is 0 Å². The molecular formula is C12H12N2O3. The van der Waals surface area contributed by atoms with Crippen LogP contribution in [0.5, 0.6) is 5.75 Å². The van der Waals surface area contributed by atoms with Crippen LogP contribution in [-0.2, 0) is 7.05 Å². The van der Waals surface area contributed by atoms with Crippen LogP contribution in [0.3, 0.4) is 0 Å². The topological polar surface area (TPSA) is 53.2 Å². The Morgan fingerprint density at radius 2 is 1.53 bits per heavy atom. The van der Waals surface area contributed by atoms with E-state index in [0.717, 1.165) is 0 Å². The first-order valence-corrected chi connectivity index (χ1v) is 5.07. The van der Waals surface area contributed by atoms with E-state index in [9.17, 15) is 9.59 Å². The Kier molecular flexibility index (Phi) is 2.82. The summed E-state index contributed by atoms with van der Waals surface area (Å²) in [5.74, 6) is 0.697. The molecule has 88 valence electrons. The van der Waals surface area contributed by atoms with Crippen LogP contribution < -0.4 is 15.9 Å². The fourth-order valence-electron chi connectivity index (χ4n) is 1.59. The van der Waals surface area contributed by atoms with Crippen LogP contribution in [0.2, 0.25) is 0 Å². The summed E-state index contributed by atoms with van der Waals surface area (Å²) in [5, 5.41) is 0. The van der Waals surface area contributed by atoms with Gasteiger partial charge in [0.15, 0.2) is 0 Å². The third-order valence-electron chi connectivity index (χ3n) is 2.51. The van der Waals surface area contributed by atoms with Crippen molar-refractivity contribution < 1.29 is 4.74 Å². The maximum atomic E-state index is 11.7. The summed E-state index contributed by atoms with van der Waals surface area (Å²) in [5.41, 5.74) is 0.133. The van der Waals surface area contributed by atoms with Gasteiger partial charge in [-0.05, 0) is 24.3 Å². The van der Waals surface area contributed by atoms with E-state index in [2.05, 4.69) is 0 Å². The van der Waals surface area contributed by atoms with Gasteiger partial charge in [0, 0.05) is 19.2 Å². The zero-order valence-corrected chi connectivity index (χ0v) is 9.58. The number of hydrogen-bond donors (Lipinski definition) is 0. The number of benzene rings is 1. The van der Waals surface area contributed by atoms with Crippen LogP contribution in [0.25, 0.3) is 5.69 Å². The minimum Gasteiger partial charge on any atom is -0.497 e. The molecule has 1 aromatic carbocycles. The molecule has 2 aromatic rings. The molecule has 1 aromatic heterocycles. The molecule has 0 N–H and O–H groups in total. The first-order valence-electron chi connectivity index (χ1n) is 5.07. The summed E-state index contributed by atoms with van der Waals surface area (Å²) in [4.78, 5) is 23.2. The van der Waals surface area contributed by atoms with Gasteiger partial charge in [0.05, 0.1) is 12.8 Å². The highest BCUT2D eigenvalue weighted by atomic mass is 16.5. The molecule has 0 aliphatic heterocycles. The molecule has 0 spiro atoms. The summed E-state index contributed by atoms with van der Waals surface area (Å²) in [6, 6.07) is 9.42. The Balaban J connectivity index is 2.64.